The van der Waals surface area contributed by atoms with Crippen molar-refractivity contribution in [2.75, 3.05) is 37.6 Å². The van der Waals surface area contributed by atoms with E-state index >= 15 is 0 Å². The molecule has 0 aromatic heterocycles. The molecule has 5 heteroatoms. The Morgan fingerprint density at radius 1 is 1.12 bits per heavy atom. The van der Waals surface area contributed by atoms with Crippen LogP contribution in [-0.2, 0) is 4.79 Å². The van der Waals surface area contributed by atoms with Crippen LogP contribution in [0, 0.1) is 6.92 Å². The normalized spacial score (nSPS) is 16.3. The number of anilines is 1. The number of piperazine rings is 1. The maximum atomic E-state index is 12.4. The third-order valence-corrected chi connectivity index (χ3v) is 5.16. The molecule has 1 heterocycles. The third-order valence-electron chi connectivity index (χ3n) is 4.92. The summed E-state index contributed by atoms with van der Waals surface area (Å²) < 4.78 is 0. The molecule has 26 heavy (non-hydrogen) atoms. The number of rotatable bonds is 5. The van der Waals surface area contributed by atoms with Crippen LogP contribution in [0.15, 0.2) is 48.5 Å². The van der Waals surface area contributed by atoms with Gasteiger partial charge in [-0.15, -0.1) is 0 Å². The second kappa shape index (κ2) is 8.56. The Labute approximate surface area is 160 Å². The van der Waals surface area contributed by atoms with Crippen LogP contribution in [0.3, 0.4) is 0 Å². The van der Waals surface area contributed by atoms with E-state index in [0.717, 1.165) is 31.7 Å². The van der Waals surface area contributed by atoms with Crippen molar-refractivity contribution in [3.05, 3.63) is 64.7 Å². The number of nitrogens with zero attached hydrogens (tertiary/aromatic N) is 2. The van der Waals surface area contributed by atoms with Crippen molar-refractivity contribution >= 4 is 23.2 Å². The fraction of sp³-hybridized carbons (Fsp3) is 0.381. The van der Waals surface area contributed by atoms with Gasteiger partial charge in [0.25, 0.3) is 0 Å². The van der Waals surface area contributed by atoms with Gasteiger partial charge in [-0.25, -0.2) is 0 Å². The number of benzene rings is 2. The minimum Gasteiger partial charge on any atom is -0.369 e. The number of hydrogen-bond acceptors (Lipinski definition) is 3. The highest BCUT2D eigenvalue weighted by Crippen LogP contribution is 2.21. The smallest absolute Gasteiger partial charge is 0.234 e. The lowest BCUT2D eigenvalue weighted by molar-refractivity contribution is -0.123. The van der Waals surface area contributed by atoms with Gasteiger partial charge in [-0.05, 0) is 43.2 Å². The monoisotopic (exact) mass is 371 g/mol. The van der Waals surface area contributed by atoms with Gasteiger partial charge in [0.05, 0.1) is 12.6 Å². The van der Waals surface area contributed by atoms with Gasteiger partial charge in [-0.2, -0.15) is 0 Å². The van der Waals surface area contributed by atoms with Crippen LogP contribution in [-0.4, -0.2) is 43.5 Å². The second-order valence-electron chi connectivity index (χ2n) is 6.89. The van der Waals surface area contributed by atoms with Crippen molar-refractivity contribution in [2.24, 2.45) is 0 Å². The van der Waals surface area contributed by atoms with Crippen molar-refractivity contribution < 1.29 is 4.79 Å². The molecule has 138 valence electrons. The minimum absolute atomic E-state index is 0.0468. The highest BCUT2D eigenvalue weighted by Gasteiger charge is 2.20. The lowest BCUT2D eigenvalue weighted by Gasteiger charge is -2.36. The molecular formula is C21H26ClN3O. The molecule has 1 N–H and O–H groups in total. The number of carbonyl (C=O) groups excluding carboxylic acids is 1. The Hall–Kier alpha value is -2.04. The summed E-state index contributed by atoms with van der Waals surface area (Å²) >= 11 is 6.03. The first-order valence-corrected chi connectivity index (χ1v) is 9.48. The van der Waals surface area contributed by atoms with Gasteiger partial charge in [0.2, 0.25) is 5.91 Å². The molecule has 2 aromatic carbocycles. The first-order chi connectivity index (χ1) is 12.5. The van der Waals surface area contributed by atoms with Crippen LogP contribution < -0.4 is 10.2 Å². The highest BCUT2D eigenvalue weighted by atomic mass is 35.5. The first kappa shape index (κ1) is 18.7. The third kappa shape index (κ3) is 4.77. The van der Waals surface area contributed by atoms with E-state index in [1.807, 2.05) is 31.2 Å². The number of nitrogens with one attached hydrogen (secondary N) is 1. The summed E-state index contributed by atoms with van der Waals surface area (Å²) in [5, 5.41) is 3.76. The maximum absolute atomic E-state index is 12.4. The largest absolute Gasteiger partial charge is 0.369 e. The van der Waals surface area contributed by atoms with E-state index in [4.69, 9.17) is 11.6 Å². The number of para-hydroxylation sites is 1. The van der Waals surface area contributed by atoms with E-state index in [-0.39, 0.29) is 11.9 Å². The van der Waals surface area contributed by atoms with E-state index in [9.17, 15) is 4.79 Å². The molecule has 1 fully saturated rings. The van der Waals surface area contributed by atoms with Crippen LogP contribution in [0.1, 0.15) is 24.1 Å². The zero-order valence-corrected chi connectivity index (χ0v) is 16.2. The lowest BCUT2D eigenvalue weighted by Crippen LogP contribution is -2.49. The van der Waals surface area contributed by atoms with E-state index < -0.39 is 0 Å². The molecule has 0 spiro atoms. The SMILES string of the molecule is Cc1ccccc1N1CCN(CC(=O)N[C@H](C)c2cccc(Cl)c2)CC1. The van der Waals surface area contributed by atoms with Crippen LogP contribution in [0.2, 0.25) is 5.02 Å². The highest BCUT2D eigenvalue weighted by molar-refractivity contribution is 6.30. The second-order valence-corrected chi connectivity index (χ2v) is 7.33. The summed E-state index contributed by atoms with van der Waals surface area (Å²) in [7, 11) is 0. The standard InChI is InChI=1S/C21H26ClN3O/c1-16-6-3-4-9-20(16)25-12-10-24(11-13-25)15-21(26)23-17(2)18-7-5-8-19(22)14-18/h3-9,14,17H,10-13,15H2,1-2H3,(H,23,26)/t17-/m1/s1. The van der Waals surface area contributed by atoms with Gasteiger partial charge in [-0.1, -0.05) is 41.9 Å². The van der Waals surface area contributed by atoms with Crippen molar-refractivity contribution in [3.63, 3.8) is 0 Å². The minimum atomic E-state index is -0.0468. The Kier molecular flexibility index (Phi) is 6.17. The van der Waals surface area contributed by atoms with Gasteiger partial charge in [0, 0.05) is 36.9 Å². The average Bonchev–Trinajstić information content (AvgIpc) is 2.63. The summed E-state index contributed by atoms with van der Waals surface area (Å²) in [6, 6.07) is 16.1. The Morgan fingerprint density at radius 2 is 1.85 bits per heavy atom. The summed E-state index contributed by atoms with van der Waals surface area (Å²) in [6.07, 6.45) is 0. The van der Waals surface area contributed by atoms with Crippen LogP contribution in [0.4, 0.5) is 5.69 Å². The Bertz CT molecular complexity index is 756. The van der Waals surface area contributed by atoms with Crippen molar-refractivity contribution in [1.82, 2.24) is 10.2 Å². The summed E-state index contributed by atoms with van der Waals surface area (Å²) in [4.78, 5) is 17.0. The number of halogens is 1. The first-order valence-electron chi connectivity index (χ1n) is 9.10. The molecular weight excluding hydrogens is 346 g/mol. The fourth-order valence-electron chi connectivity index (χ4n) is 3.41. The van der Waals surface area contributed by atoms with E-state index in [2.05, 4.69) is 46.3 Å². The van der Waals surface area contributed by atoms with Gasteiger partial charge in [0.1, 0.15) is 0 Å². The van der Waals surface area contributed by atoms with E-state index in [1.54, 1.807) is 0 Å². The molecule has 0 saturated carbocycles. The molecule has 0 aliphatic carbocycles. The zero-order valence-electron chi connectivity index (χ0n) is 15.4. The van der Waals surface area contributed by atoms with Gasteiger partial charge in [-0.3, -0.25) is 9.69 Å². The average molecular weight is 372 g/mol. The van der Waals surface area contributed by atoms with Crippen molar-refractivity contribution in [3.8, 4) is 0 Å². The van der Waals surface area contributed by atoms with Crippen LogP contribution in [0.5, 0.6) is 0 Å². The van der Waals surface area contributed by atoms with Crippen molar-refractivity contribution in [1.29, 1.82) is 0 Å². The molecule has 1 saturated heterocycles. The van der Waals surface area contributed by atoms with Crippen molar-refractivity contribution in [2.45, 2.75) is 19.9 Å². The number of aryl methyl sites for hydroxylation is 1. The number of amides is 1. The molecule has 1 atom stereocenters. The van der Waals surface area contributed by atoms with Crippen LogP contribution in [0.25, 0.3) is 0 Å². The number of hydrogen-bond donors (Lipinski definition) is 1. The Morgan fingerprint density at radius 3 is 2.54 bits per heavy atom. The molecule has 4 nitrogen and oxygen atoms in total. The lowest BCUT2D eigenvalue weighted by atomic mass is 10.1. The predicted octanol–water partition coefficient (Wildman–Crippen LogP) is 3.65. The Balaban J connectivity index is 1.48. The van der Waals surface area contributed by atoms with E-state index in [0.29, 0.717) is 11.6 Å². The molecule has 1 aliphatic heterocycles. The van der Waals surface area contributed by atoms with Gasteiger partial charge < -0.3 is 10.2 Å². The molecule has 0 unspecified atom stereocenters. The van der Waals surface area contributed by atoms with Gasteiger partial charge in [0.15, 0.2) is 0 Å². The molecule has 2 aromatic rings. The quantitative estimate of drug-likeness (QED) is 0.871. The molecule has 0 radical (unpaired) electrons. The maximum Gasteiger partial charge on any atom is 0.234 e. The summed E-state index contributed by atoms with van der Waals surface area (Å²) in [6.45, 7) is 8.25. The fourth-order valence-corrected chi connectivity index (χ4v) is 3.61. The topological polar surface area (TPSA) is 35.6 Å². The predicted molar refractivity (Wildman–Crippen MR) is 108 cm³/mol. The molecule has 0 bridgehead atoms. The molecule has 1 amide bonds. The molecule has 1 aliphatic rings. The summed E-state index contributed by atoms with van der Waals surface area (Å²) in [5.74, 6) is 0.0572. The van der Waals surface area contributed by atoms with E-state index in [1.165, 1.54) is 11.3 Å². The van der Waals surface area contributed by atoms with Crippen LogP contribution >= 0.6 is 11.6 Å². The van der Waals surface area contributed by atoms with Gasteiger partial charge >= 0.3 is 0 Å². The summed E-state index contributed by atoms with van der Waals surface area (Å²) in [5.41, 5.74) is 3.62. The number of carbonyl (C=O) groups is 1. The zero-order chi connectivity index (χ0) is 18.5. The molecule has 3 rings (SSSR count).